The topological polar surface area (TPSA) is 55.8 Å². The lowest BCUT2D eigenvalue weighted by Crippen LogP contribution is -2.49. The maximum atomic E-state index is 12.4. The van der Waals surface area contributed by atoms with Crippen molar-refractivity contribution in [3.8, 4) is 0 Å². The van der Waals surface area contributed by atoms with Crippen molar-refractivity contribution in [3.05, 3.63) is 0 Å². The third kappa shape index (κ3) is 5.04. The van der Waals surface area contributed by atoms with E-state index in [2.05, 4.69) is 33.9 Å². The lowest BCUT2D eigenvalue weighted by Gasteiger charge is -2.38. The quantitative estimate of drug-likeness (QED) is 0.721. The Hall–Kier alpha value is -0.883. The smallest absolute Gasteiger partial charge is 0.417 e. The molecule has 0 aromatic carbocycles. The second-order valence-electron chi connectivity index (χ2n) is 9.06. The molecule has 23 heavy (non-hydrogen) atoms. The van der Waals surface area contributed by atoms with Gasteiger partial charge >= 0.3 is 6.09 Å². The Morgan fingerprint density at radius 1 is 1.22 bits per heavy atom. The summed E-state index contributed by atoms with van der Waals surface area (Å²) in [5, 5.41) is 0.0929. The molecule has 1 aliphatic rings. The van der Waals surface area contributed by atoms with Gasteiger partial charge in [-0.2, -0.15) is 0 Å². The fourth-order valence-corrected chi connectivity index (χ4v) is 3.27. The average Bonchev–Trinajstić information content (AvgIpc) is 2.57. The molecule has 1 saturated heterocycles. The Labute approximate surface area is 141 Å². The second kappa shape index (κ2) is 6.55. The molecule has 1 heterocycles. The summed E-state index contributed by atoms with van der Waals surface area (Å²) in [6.45, 7) is 18.7. The van der Waals surface area contributed by atoms with Gasteiger partial charge in [-0.25, -0.2) is 9.69 Å². The van der Waals surface area contributed by atoms with Crippen LogP contribution in [0.2, 0.25) is 18.1 Å². The predicted molar refractivity (Wildman–Crippen MR) is 93.8 cm³/mol. The van der Waals surface area contributed by atoms with Crippen molar-refractivity contribution in [1.29, 1.82) is 0 Å². The van der Waals surface area contributed by atoms with Crippen LogP contribution in [0.5, 0.6) is 0 Å². The predicted octanol–water partition coefficient (Wildman–Crippen LogP) is 4.18. The Morgan fingerprint density at radius 2 is 1.74 bits per heavy atom. The number of carbonyl (C=O) groups excluding carboxylic acids is 2. The Morgan fingerprint density at radius 3 is 2.17 bits per heavy atom. The molecule has 0 N–H and O–H groups in total. The number of rotatable bonds is 3. The van der Waals surface area contributed by atoms with E-state index in [-0.39, 0.29) is 22.9 Å². The third-order valence-electron chi connectivity index (χ3n) is 4.77. The molecule has 0 bridgehead atoms. The summed E-state index contributed by atoms with van der Waals surface area (Å²) in [5.41, 5.74) is -0.617. The van der Waals surface area contributed by atoms with Gasteiger partial charge in [0.05, 0.1) is 12.6 Å². The zero-order chi connectivity index (χ0) is 18.2. The van der Waals surface area contributed by atoms with Gasteiger partial charge in [0.2, 0.25) is 5.91 Å². The van der Waals surface area contributed by atoms with Crippen LogP contribution in [0, 0.1) is 5.92 Å². The summed E-state index contributed by atoms with van der Waals surface area (Å²) in [5.74, 6) is -0.0876. The van der Waals surface area contributed by atoms with E-state index in [1.54, 1.807) is 20.8 Å². The first-order chi connectivity index (χ1) is 10.2. The SMILES string of the molecule is C[C@H]1CC(=O)N(C(=O)OC(C)(C)C)[C@@H]1CO[Si](C)(C)C(C)(C)C. The van der Waals surface area contributed by atoms with Crippen molar-refractivity contribution in [2.45, 2.75) is 84.7 Å². The second-order valence-corrected chi connectivity index (χ2v) is 13.9. The molecule has 1 aliphatic heterocycles. The molecule has 0 aromatic heterocycles. The highest BCUT2D eigenvalue weighted by molar-refractivity contribution is 6.74. The molecule has 0 saturated carbocycles. The molecule has 0 radical (unpaired) electrons. The number of hydrogen-bond acceptors (Lipinski definition) is 4. The van der Waals surface area contributed by atoms with Gasteiger partial charge in [0.1, 0.15) is 5.60 Å². The standard InChI is InChI=1S/C17H33NO4Si/c1-12-10-14(19)18(15(20)22-16(2,3)4)13(12)11-21-23(8,9)17(5,6)7/h12-13H,10-11H2,1-9H3/t12-,13+/m0/s1. The van der Waals surface area contributed by atoms with Gasteiger partial charge in [0.15, 0.2) is 8.32 Å². The highest BCUT2D eigenvalue weighted by Crippen LogP contribution is 2.37. The van der Waals surface area contributed by atoms with Crippen LogP contribution in [0.1, 0.15) is 54.9 Å². The van der Waals surface area contributed by atoms with E-state index in [1.165, 1.54) is 4.90 Å². The lowest BCUT2D eigenvalue weighted by atomic mass is 10.0. The fourth-order valence-electron chi connectivity index (χ4n) is 2.25. The van der Waals surface area contributed by atoms with E-state index < -0.39 is 20.0 Å². The van der Waals surface area contributed by atoms with Crippen molar-refractivity contribution in [2.75, 3.05) is 6.61 Å². The van der Waals surface area contributed by atoms with E-state index >= 15 is 0 Å². The van der Waals surface area contributed by atoms with Gasteiger partial charge in [-0.05, 0) is 44.8 Å². The minimum atomic E-state index is -1.93. The zero-order valence-corrected chi connectivity index (χ0v) is 17.1. The average molecular weight is 344 g/mol. The van der Waals surface area contributed by atoms with Gasteiger partial charge in [-0.3, -0.25) is 4.79 Å². The van der Waals surface area contributed by atoms with E-state index in [1.807, 2.05) is 6.92 Å². The number of carbonyl (C=O) groups is 2. The summed E-state index contributed by atoms with van der Waals surface area (Å²) >= 11 is 0. The summed E-state index contributed by atoms with van der Waals surface area (Å²) < 4.78 is 11.6. The molecule has 6 heteroatoms. The molecule has 2 amide bonds. The highest BCUT2D eigenvalue weighted by atomic mass is 28.4. The number of imide groups is 1. The van der Waals surface area contributed by atoms with Crippen molar-refractivity contribution in [2.24, 2.45) is 5.92 Å². The largest absolute Gasteiger partial charge is 0.443 e. The maximum Gasteiger partial charge on any atom is 0.417 e. The van der Waals surface area contributed by atoms with E-state index in [9.17, 15) is 9.59 Å². The monoisotopic (exact) mass is 343 g/mol. The van der Waals surface area contributed by atoms with Crippen LogP contribution in [0.25, 0.3) is 0 Å². The summed E-state index contributed by atoms with van der Waals surface area (Å²) in [6, 6.07) is -0.244. The number of hydrogen-bond donors (Lipinski definition) is 0. The molecule has 134 valence electrons. The Kier molecular flexibility index (Phi) is 5.74. The summed E-state index contributed by atoms with van der Waals surface area (Å²) in [7, 11) is -1.93. The number of nitrogens with zero attached hydrogens (tertiary/aromatic N) is 1. The summed E-state index contributed by atoms with van der Waals surface area (Å²) in [4.78, 5) is 25.9. The van der Waals surface area contributed by atoms with Gasteiger partial charge < -0.3 is 9.16 Å². The molecular weight excluding hydrogens is 310 g/mol. The van der Waals surface area contributed by atoms with Crippen LogP contribution in [0.4, 0.5) is 4.79 Å². The van der Waals surface area contributed by atoms with Crippen molar-refractivity contribution in [1.82, 2.24) is 4.90 Å². The number of amides is 2. The van der Waals surface area contributed by atoms with E-state index in [4.69, 9.17) is 9.16 Å². The minimum absolute atomic E-state index is 0.0831. The van der Waals surface area contributed by atoms with Gasteiger partial charge in [-0.1, -0.05) is 27.7 Å². The molecular formula is C17H33NO4Si. The zero-order valence-electron chi connectivity index (χ0n) is 16.1. The van der Waals surface area contributed by atoms with Crippen LogP contribution in [0.3, 0.4) is 0 Å². The molecule has 1 fully saturated rings. The molecule has 0 spiro atoms. The Balaban J connectivity index is 2.86. The molecule has 5 nitrogen and oxygen atoms in total. The fraction of sp³-hybridized carbons (Fsp3) is 0.882. The van der Waals surface area contributed by atoms with E-state index in [0.717, 1.165) is 0 Å². The van der Waals surface area contributed by atoms with Crippen molar-refractivity contribution >= 4 is 20.3 Å². The third-order valence-corrected chi connectivity index (χ3v) is 9.27. The van der Waals surface area contributed by atoms with Crippen LogP contribution < -0.4 is 0 Å². The van der Waals surface area contributed by atoms with Crippen LogP contribution in [0.15, 0.2) is 0 Å². The van der Waals surface area contributed by atoms with E-state index in [0.29, 0.717) is 13.0 Å². The van der Waals surface area contributed by atoms with Gasteiger partial charge in [0.25, 0.3) is 0 Å². The minimum Gasteiger partial charge on any atom is -0.443 e. The van der Waals surface area contributed by atoms with Crippen LogP contribution >= 0.6 is 0 Å². The van der Waals surface area contributed by atoms with Crippen LogP contribution in [-0.2, 0) is 14.0 Å². The first-order valence-electron chi connectivity index (χ1n) is 8.35. The summed E-state index contributed by atoms with van der Waals surface area (Å²) in [6.07, 6.45) is -0.194. The lowest BCUT2D eigenvalue weighted by molar-refractivity contribution is -0.128. The Bertz CT molecular complexity index is 462. The molecule has 0 aromatic rings. The van der Waals surface area contributed by atoms with Crippen LogP contribution in [-0.4, -0.2) is 43.5 Å². The van der Waals surface area contributed by atoms with Gasteiger partial charge in [0, 0.05) is 6.42 Å². The number of ether oxygens (including phenoxy) is 1. The first-order valence-corrected chi connectivity index (χ1v) is 11.3. The normalized spacial score (nSPS) is 23.3. The molecule has 0 aliphatic carbocycles. The van der Waals surface area contributed by atoms with Gasteiger partial charge in [-0.15, -0.1) is 0 Å². The maximum absolute atomic E-state index is 12.4. The van der Waals surface area contributed by atoms with Crippen molar-refractivity contribution < 1.29 is 18.8 Å². The number of likely N-dealkylation sites (tertiary alicyclic amines) is 1. The molecule has 1 rings (SSSR count). The molecule has 2 atom stereocenters. The molecule has 0 unspecified atom stereocenters. The first kappa shape index (κ1) is 20.2. The van der Waals surface area contributed by atoms with Crippen molar-refractivity contribution in [3.63, 3.8) is 0 Å². The highest BCUT2D eigenvalue weighted by Gasteiger charge is 2.45.